The first-order chi connectivity index (χ1) is 10.2. The second-order valence-electron chi connectivity index (χ2n) is 6.40. The van der Waals surface area contributed by atoms with E-state index < -0.39 is 17.7 Å². The van der Waals surface area contributed by atoms with Crippen LogP contribution in [0.5, 0.6) is 0 Å². The zero-order valence-corrected chi connectivity index (χ0v) is 14.1. The first-order valence-corrected chi connectivity index (χ1v) is 7.87. The molecule has 0 atom stereocenters. The molecule has 22 heavy (non-hydrogen) atoms. The maximum Gasteiger partial charge on any atom is 0.408 e. The number of Topliss-reactive ketones (excluding diaryl/α,β-unsaturated/α-hetero) is 1. The van der Waals surface area contributed by atoms with Gasteiger partial charge in [-0.3, -0.25) is 9.59 Å². The highest BCUT2D eigenvalue weighted by atomic mass is 16.6. The number of alkyl carbamates (subject to hydrolysis) is 1. The van der Waals surface area contributed by atoms with Crippen LogP contribution in [0, 0.1) is 5.92 Å². The highest BCUT2D eigenvalue weighted by molar-refractivity contribution is 5.86. The van der Waals surface area contributed by atoms with Crippen LogP contribution in [0.25, 0.3) is 0 Å². The molecule has 0 bridgehead atoms. The Hall–Kier alpha value is -1.59. The summed E-state index contributed by atoms with van der Waals surface area (Å²) in [4.78, 5) is 32.5. The zero-order chi connectivity index (χ0) is 17.2. The fourth-order valence-electron chi connectivity index (χ4n) is 2.04. The van der Waals surface area contributed by atoms with Crippen molar-refractivity contribution in [2.45, 2.75) is 71.8 Å². The largest absolute Gasteiger partial charge is 0.481 e. The predicted octanol–water partition coefficient (Wildman–Crippen LogP) is 3.14. The lowest BCUT2D eigenvalue weighted by molar-refractivity contribution is -0.136. The average Bonchev–Trinajstić information content (AvgIpc) is 2.44. The molecule has 0 aliphatic heterocycles. The number of rotatable bonds is 4. The number of carbonyl (C=O) groups excluding carboxylic acids is 2. The second kappa shape index (κ2) is 10.2. The molecular formula is C16H29NO5. The molecule has 0 aromatic heterocycles. The monoisotopic (exact) mass is 315 g/mol. The molecule has 1 rings (SSSR count). The Morgan fingerprint density at radius 1 is 1.14 bits per heavy atom. The summed E-state index contributed by atoms with van der Waals surface area (Å²) in [5.41, 5.74) is -0.516. The van der Waals surface area contributed by atoms with Crippen molar-refractivity contribution in [3.05, 3.63) is 0 Å². The third-order valence-corrected chi connectivity index (χ3v) is 3.17. The van der Waals surface area contributed by atoms with Crippen LogP contribution < -0.4 is 5.32 Å². The third kappa shape index (κ3) is 11.1. The van der Waals surface area contributed by atoms with E-state index in [0.717, 1.165) is 25.7 Å². The highest BCUT2D eigenvalue weighted by Crippen LogP contribution is 2.24. The number of carboxylic acids is 1. The zero-order valence-electron chi connectivity index (χ0n) is 14.1. The van der Waals surface area contributed by atoms with Crippen molar-refractivity contribution in [1.82, 2.24) is 5.32 Å². The first-order valence-electron chi connectivity index (χ1n) is 7.87. The number of nitrogens with one attached hydrogen (secondary N) is 1. The number of ketones is 1. The van der Waals surface area contributed by atoms with Crippen LogP contribution in [-0.4, -0.2) is 35.1 Å². The van der Waals surface area contributed by atoms with Crippen molar-refractivity contribution in [1.29, 1.82) is 0 Å². The van der Waals surface area contributed by atoms with Crippen LogP contribution in [0.15, 0.2) is 0 Å². The summed E-state index contributed by atoms with van der Waals surface area (Å²) >= 11 is 0. The fourth-order valence-corrected chi connectivity index (χ4v) is 2.04. The number of carboxylic acid groups (broad SMARTS) is 1. The van der Waals surface area contributed by atoms with E-state index in [9.17, 15) is 14.4 Å². The van der Waals surface area contributed by atoms with E-state index in [4.69, 9.17) is 9.84 Å². The minimum absolute atomic E-state index is 0.0968. The van der Waals surface area contributed by atoms with Crippen LogP contribution in [0.1, 0.15) is 66.2 Å². The summed E-state index contributed by atoms with van der Waals surface area (Å²) in [6.45, 7) is 7.10. The van der Waals surface area contributed by atoms with Gasteiger partial charge >= 0.3 is 12.1 Å². The van der Waals surface area contributed by atoms with Crippen molar-refractivity contribution < 1.29 is 24.2 Å². The van der Waals surface area contributed by atoms with E-state index >= 15 is 0 Å². The number of carbonyl (C=O) groups is 3. The molecule has 0 spiro atoms. The van der Waals surface area contributed by atoms with Crippen molar-refractivity contribution in [3.8, 4) is 0 Å². The summed E-state index contributed by atoms with van der Waals surface area (Å²) in [5.74, 6) is -0.473. The molecule has 1 fully saturated rings. The Morgan fingerprint density at radius 3 is 2.05 bits per heavy atom. The summed E-state index contributed by atoms with van der Waals surface area (Å²) in [5, 5.41) is 10.2. The van der Waals surface area contributed by atoms with E-state index in [1.807, 2.05) is 0 Å². The van der Waals surface area contributed by atoms with Gasteiger partial charge in [0.15, 0.2) is 5.78 Å². The van der Waals surface area contributed by atoms with Gasteiger partial charge in [-0.05, 0) is 33.6 Å². The van der Waals surface area contributed by atoms with Gasteiger partial charge in [-0.25, -0.2) is 4.79 Å². The minimum atomic E-state index is -0.745. The lowest BCUT2D eigenvalue weighted by atomic mass is 9.86. The van der Waals surface area contributed by atoms with Crippen molar-refractivity contribution >= 4 is 17.8 Å². The molecule has 0 unspecified atom stereocenters. The Bertz CT molecular complexity index is 367. The summed E-state index contributed by atoms with van der Waals surface area (Å²) in [6.07, 6.45) is 5.13. The number of hydrogen-bond acceptors (Lipinski definition) is 4. The van der Waals surface area contributed by atoms with Gasteiger partial charge in [-0.2, -0.15) is 0 Å². The Balaban J connectivity index is 0.000000763. The molecule has 1 saturated carbocycles. The molecule has 0 aromatic carbocycles. The SMILES string of the molecule is CC(C)(C)OC(=O)NCC(=O)C1CCCCC1.CCC(=O)O. The molecule has 0 saturated heterocycles. The molecule has 128 valence electrons. The predicted molar refractivity (Wildman–Crippen MR) is 83.7 cm³/mol. The summed E-state index contributed by atoms with van der Waals surface area (Å²) in [7, 11) is 0. The maximum atomic E-state index is 11.8. The molecule has 1 aliphatic rings. The molecule has 2 N–H and O–H groups in total. The highest BCUT2D eigenvalue weighted by Gasteiger charge is 2.22. The smallest absolute Gasteiger partial charge is 0.408 e. The first kappa shape index (κ1) is 20.4. The van der Waals surface area contributed by atoms with E-state index in [1.165, 1.54) is 6.42 Å². The number of amides is 1. The summed E-state index contributed by atoms with van der Waals surface area (Å²) in [6, 6.07) is 0. The van der Waals surface area contributed by atoms with Gasteiger partial charge in [0.1, 0.15) is 5.60 Å². The van der Waals surface area contributed by atoms with Gasteiger partial charge in [0.2, 0.25) is 0 Å². The second-order valence-corrected chi connectivity index (χ2v) is 6.40. The molecule has 6 heteroatoms. The standard InChI is InChI=1S/C13H23NO3.C3H6O2/c1-13(2,3)17-12(16)14-9-11(15)10-7-5-4-6-8-10;1-2-3(4)5/h10H,4-9H2,1-3H3,(H,14,16);2H2,1H3,(H,4,5). The van der Waals surface area contributed by atoms with Crippen molar-refractivity contribution in [2.75, 3.05) is 6.54 Å². The molecule has 0 heterocycles. The summed E-state index contributed by atoms with van der Waals surface area (Å²) < 4.78 is 5.07. The van der Waals surface area contributed by atoms with Gasteiger partial charge < -0.3 is 15.2 Å². The van der Waals surface area contributed by atoms with E-state index in [1.54, 1.807) is 27.7 Å². The molecule has 1 amide bonds. The molecular weight excluding hydrogens is 286 g/mol. The van der Waals surface area contributed by atoms with Crippen LogP contribution >= 0.6 is 0 Å². The van der Waals surface area contributed by atoms with E-state index in [0.29, 0.717) is 0 Å². The normalized spacial score (nSPS) is 15.3. The Kier molecular flexibility index (Phi) is 9.45. The lowest BCUT2D eigenvalue weighted by Gasteiger charge is -2.22. The maximum absolute atomic E-state index is 11.8. The third-order valence-electron chi connectivity index (χ3n) is 3.17. The molecule has 6 nitrogen and oxygen atoms in total. The quantitative estimate of drug-likeness (QED) is 0.831. The van der Waals surface area contributed by atoms with Crippen LogP contribution in [0.3, 0.4) is 0 Å². The Morgan fingerprint density at radius 2 is 1.64 bits per heavy atom. The van der Waals surface area contributed by atoms with Crippen molar-refractivity contribution in [3.63, 3.8) is 0 Å². The number of aliphatic carboxylic acids is 1. The molecule has 0 radical (unpaired) electrons. The molecule has 0 aromatic rings. The van der Waals surface area contributed by atoms with E-state index in [2.05, 4.69) is 5.32 Å². The van der Waals surface area contributed by atoms with Crippen molar-refractivity contribution in [2.24, 2.45) is 5.92 Å². The fraction of sp³-hybridized carbons (Fsp3) is 0.812. The van der Waals surface area contributed by atoms with E-state index in [-0.39, 0.29) is 24.7 Å². The van der Waals surface area contributed by atoms with Gasteiger partial charge in [0.05, 0.1) is 6.54 Å². The topological polar surface area (TPSA) is 92.7 Å². The van der Waals surface area contributed by atoms with Gasteiger partial charge in [-0.15, -0.1) is 0 Å². The van der Waals surface area contributed by atoms with Gasteiger partial charge in [0.25, 0.3) is 0 Å². The molecule has 1 aliphatic carbocycles. The Labute approximate surface area is 132 Å². The minimum Gasteiger partial charge on any atom is -0.481 e. The van der Waals surface area contributed by atoms with Crippen LogP contribution in [0.2, 0.25) is 0 Å². The number of hydrogen-bond donors (Lipinski definition) is 2. The van der Waals surface area contributed by atoms with Gasteiger partial charge in [0, 0.05) is 12.3 Å². The average molecular weight is 315 g/mol. The van der Waals surface area contributed by atoms with Crippen LogP contribution in [0.4, 0.5) is 4.79 Å². The van der Waals surface area contributed by atoms with Gasteiger partial charge in [-0.1, -0.05) is 26.2 Å². The van der Waals surface area contributed by atoms with Crippen LogP contribution in [-0.2, 0) is 14.3 Å². The number of ether oxygens (including phenoxy) is 1. The lowest BCUT2D eigenvalue weighted by Crippen LogP contribution is -2.37.